The van der Waals surface area contributed by atoms with Crippen LogP contribution >= 0.6 is 0 Å². The van der Waals surface area contributed by atoms with Gasteiger partial charge in [-0.25, -0.2) is 8.42 Å². The van der Waals surface area contributed by atoms with E-state index in [4.69, 9.17) is 4.74 Å². The van der Waals surface area contributed by atoms with Crippen LogP contribution in [0.15, 0.2) is 42.5 Å². The summed E-state index contributed by atoms with van der Waals surface area (Å²) >= 11 is 0. The van der Waals surface area contributed by atoms with Crippen LogP contribution in [0.4, 0.5) is 11.4 Å². The highest BCUT2D eigenvalue weighted by molar-refractivity contribution is 7.92. The highest BCUT2D eigenvalue weighted by atomic mass is 32.2. The largest absolute Gasteiger partial charge is 0.495 e. The highest BCUT2D eigenvalue weighted by Gasteiger charge is 2.20. The predicted molar refractivity (Wildman–Crippen MR) is 109 cm³/mol. The Morgan fingerprint density at radius 2 is 1.74 bits per heavy atom. The summed E-state index contributed by atoms with van der Waals surface area (Å²) in [5.41, 5.74) is 3.37. The Labute approximate surface area is 161 Å². The Hall–Kier alpha value is -2.54. The van der Waals surface area contributed by atoms with Crippen molar-refractivity contribution in [1.29, 1.82) is 0 Å². The molecule has 6 nitrogen and oxygen atoms in total. The molecule has 0 heterocycles. The van der Waals surface area contributed by atoms with Crippen LogP contribution in [-0.2, 0) is 14.8 Å². The number of sulfonamides is 1. The first kappa shape index (κ1) is 20.8. The molecule has 1 amide bonds. The molecule has 0 unspecified atom stereocenters. The van der Waals surface area contributed by atoms with E-state index >= 15 is 0 Å². The van der Waals surface area contributed by atoms with Gasteiger partial charge in [-0.2, -0.15) is 0 Å². The van der Waals surface area contributed by atoms with Gasteiger partial charge < -0.3 is 10.1 Å². The molecule has 7 heteroatoms. The molecule has 0 fully saturated rings. The van der Waals surface area contributed by atoms with E-state index in [1.165, 1.54) is 11.4 Å². The number of carbonyl (C=O) groups excluding carboxylic acids is 1. The number of methoxy groups -OCH3 is 1. The number of rotatable bonds is 8. The summed E-state index contributed by atoms with van der Waals surface area (Å²) < 4.78 is 31.0. The second kappa shape index (κ2) is 8.90. The van der Waals surface area contributed by atoms with Crippen molar-refractivity contribution in [3.8, 4) is 5.75 Å². The minimum Gasteiger partial charge on any atom is -0.495 e. The van der Waals surface area contributed by atoms with E-state index in [0.29, 0.717) is 17.9 Å². The Morgan fingerprint density at radius 3 is 2.33 bits per heavy atom. The molecule has 0 aliphatic carbocycles. The van der Waals surface area contributed by atoms with Crippen molar-refractivity contribution in [3.63, 3.8) is 0 Å². The van der Waals surface area contributed by atoms with E-state index in [2.05, 4.69) is 5.32 Å². The molecule has 0 bridgehead atoms. The van der Waals surface area contributed by atoms with Crippen molar-refractivity contribution in [3.05, 3.63) is 53.6 Å². The van der Waals surface area contributed by atoms with Gasteiger partial charge in [0, 0.05) is 18.7 Å². The first-order valence-corrected chi connectivity index (χ1v) is 10.5. The van der Waals surface area contributed by atoms with E-state index in [1.807, 2.05) is 32.0 Å². The van der Waals surface area contributed by atoms with Crippen molar-refractivity contribution >= 4 is 27.3 Å². The molecule has 2 aromatic carbocycles. The molecule has 0 saturated carbocycles. The van der Waals surface area contributed by atoms with Gasteiger partial charge in [0.2, 0.25) is 15.9 Å². The molecule has 0 aliphatic heterocycles. The normalized spacial score (nSPS) is 11.1. The van der Waals surface area contributed by atoms with Crippen LogP contribution in [0.5, 0.6) is 5.75 Å². The maximum absolute atomic E-state index is 12.2. The smallest absolute Gasteiger partial charge is 0.232 e. The Balaban J connectivity index is 2.02. The van der Waals surface area contributed by atoms with Crippen LogP contribution in [0.3, 0.4) is 0 Å². The number of anilines is 2. The van der Waals surface area contributed by atoms with Crippen molar-refractivity contribution in [1.82, 2.24) is 0 Å². The zero-order valence-electron chi connectivity index (χ0n) is 16.2. The number of benzene rings is 2. The maximum Gasteiger partial charge on any atom is 0.232 e. The van der Waals surface area contributed by atoms with Crippen LogP contribution in [0.1, 0.15) is 24.0 Å². The van der Waals surface area contributed by atoms with Gasteiger partial charge >= 0.3 is 0 Å². The van der Waals surface area contributed by atoms with E-state index in [-0.39, 0.29) is 18.9 Å². The van der Waals surface area contributed by atoms with Gasteiger partial charge in [-0.1, -0.05) is 18.2 Å². The van der Waals surface area contributed by atoms with Gasteiger partial charge in [0.1, 0.15) is 5.75 Å². The minimum absolute atomic E-state index is 0.145. The summed E-state index contributed by atoms with van der Waals surface area (Å²) in [6, 6.07) is 12.8. The second-order valence-electron chi connectivity index (χ2n) is 6.54. The fourth-order valence-corrected chi connectivity index (χ4v) is 3.92. The number of hydrogen-bond donors (Lipinski definition) is 1. The molecular weight excluding hydrogens is 364 g/mol. The van der Waals surface area contributed by atoms with E-state index < -0.39 is 10.0 Å². The van der Waals surface area contributed by atoms with Gasteiger partial charge in [0.25, 0.3) is 0 Å². The number of carbonyl (C=O) groups is 1. The monoisotopic (exact) mass is 390 g/mol. The average Bonchev–Trinajstić information content (AvgIpc) is 2.56. The summed E-state index contributed by atoms with van der Waals surface area (Å²) in [5, 5.41) is 2.87. The molecule has 0 aromatic heterocycles. The first-order chi connectivity index (χ1) is 12.7. The Bertz CT molecular complexity index is 890. The van der Waals surface area contributed by atoms with E-state index in [9.17, 15) is 13.2 Å². The average molecular weight is 391 g/mol. The van der Waals surface area contributed by atoms with Crippen LogP contribution in [0, 0.1) is 13.8 Å². The third-order valence-corrected chi connectivity index (χ3v) is 5.20. The summed E-state index contributed by atoms with van der Waals surface area (Å²) in [7, 11) is -2.00. The van der Waals surface area contributed by atoms with Gasteiger partial charge in [-0.05, 0) is 55.7 Å². The van der Waals surface area contributed by atoms with Gasteiger partial charge in [0.15, 0.2) is 0 Å². The SMILES string of the molecule is COc1ccccc1N(CCCC(=O)Nc1cc(C)cc(C)c1)S(C)(=O)=O. The molecule has 146 valence electrons. The lowest BCUT2D eigenvalue weighted by Gasteiger charge is -2.24. The molecule has 1 N–H and O–H groups in total. The molecule has 27 heavy (non-hydrogen) atoms. The lowest BCUT2D eigenvalue weighted by Crippen LogP contribution is -2.31. The number of hydrogen-bond acceptors (Lipinski definition) is 4. The summed E-state index contributed by atoms with van der Waals surface area (Å²) in [6.45, 7) is 4.14. The first-order valence-electron chi connectivity index (χ1n) is 8.69. The number of amides is 1. The quantitative estimate of drug-likeness (QED) is 0.749. The Morgan fingerprint density at radius 1 is 1.11 bits per heavy atom. The van der Waals surface area contributed by atoms with Crippen molar-refractivity contribution in [2.45, 2.75) is 26.7 Å². The standard InChI is InChI=1S/C20H26N2O4S/c1-15-12-16(2)14-17(13-15)21-20(23)10-7-11-22(27(4,24)25)18-8-5-6-9-19(18)26-3/h5-6,8-9,12-14H,7,10-11H2,1-4H3,(H,21,23). The Kier molecular flexibility index (Phi) is 6.85. The van der Waals surface area contributed by atoms with Crippen molar-refractivity contribution < 1.29 is 17.9 Å². The van der Waals surface area contributed by atoms with Gasteiger partial charge in [-0.3, -0.25) is 9.10 Å². The zero-order chi connectivity index (χ0) is 20.0. The molecule has 2 rings (SSSR count). The number of para-hydroxylation sites is 2. The maximum atomic E-state index is 12.2. The van der Waals surface area contributed by atoms with Gasteiger partial charge in [-0.15, -0.1) is 0 Å². The number of ether oxygens (including phenoxy) is 1. The van der Waals surface area contributed by atoms with Crippen molar-refractivity contribution in [2.24, 2.45) is 0 Å². The number of nitrogens with zero attached hydrogens (tertiary/aromatic N) is 1. The van der Waals surface area contributed by atoms with E-state index in [0.717, 1.165) is 23.1 Å². The predicted octanol–water partition coefficient (Wildman–Crippen LogP) is 3.50. The molecular formula is C20H26N2O4S. The highest BCUT2D eigenvalue weighted by Crippen LogP contribution is 2.29. The number of aryl methyl sites for hydroxylation is 2. The third kappa shape index (κ3) is 5.99. The van der Waals surface area contributed by atoms with Crippen LogP contribution in [-0.4, -0.2) is 34.2 Å². The summed E-state index contributed by atoms with van der Waals surface area (Å²) in [4.78, 5) is 12.2. The third-order valence-electron chi connectivity index (χ3n) is 4.02. The topological polar surface area (TPSA) is 75.7 Å². The lowest BCUT2D eigenvalue weighted by molar-refractivity contribution is -0.116. The second-order valence-corrected chi connectivity index (χ2v) is 8.44. The van der Waals surface area contributed by atoms with E-state index in [1.54, 1.807) is 24.3 Å². The summed E-state index contributed by atoms with van der Waals surface area (Å²) in [6.07, 6.45) is 1.75. The molecule has 2 aromatic rings. The van der Waals surface area contributed by atoms with Crippen molar-refractivity contribution in [2.75, 3.05) is 29.5 Å². The fraction of sp³-hybridized carbons (Fsp3) is 0.350. The molecule has 0 spiro atoms. The van der Waals surface area contributed by atoms with Crippen LogP contribution in [0.25, 0.3) is 0 Å². The lowest BCUT2D eigenvalue weighted by atomic mass is 10.1. The zero-order valence-corrected chi connectivity index (χ0v) is 17.0. The van der Waals surface area contributed by atoms with Gasteiger partial charge in [0.05, 0.1) is 19.1 Å². The fourth-order valence-electron chi connectivity index (χ4n) is 2.95. The molecule has 0 saturated heterocycles. The molecule has 0 atom stereocenters. The number of nitrogens with one attached hydrogen (secondary N) is 1. The molecule has 0 radical (unpaired) electrons. The molecule has 0 aliphatic rings. The van der Waals surface area contributed by atoms with Crippen LogP contribution in [0.2, 0.25) is 0 Å². The van der Waals surface area contributed by atoms with Crippen LogP contribution < -0.4 is 14.4 Å². The minimum atomic E-state index is -3.50. The summed E-state index contributed by atoms with van der Waals surface area (Å²) in [5.74, 6) is 0.330.